The smallest absolute Gasteiger partial charge is 0.119 e. The molecule has 1 aromatic heterocycles. The first-order valence-electron chi connectivity index (χ1n) is 11.3. The van der Waals surface area contributed by atoms with Crippen molar-refractivity contribution in [3.8, 4) is 34.2 Å². The minimum absolute atomic E-state index is 0.171. The van der Waals surface area contributed by atoms with Crippen molar-refractivity contribution >= 4 is 11.8 Å². The predicted octanol–water partition coefficient (Wildman–Crippen LogP) is 6.38. The first-order valence-corrected chi connectivity index (χ1v) is 12.2. The lowest BCUT2D eigenvalue weighted by atomic mass is 9.99. The van der Waals surface area contributed by atoms with E-state index in [4.69, 9.17) is 9.72 Å². The second kappa shape index (κ2) is 11.5. The Hall–Kier alpha value is -3.59. The van der Waals surface area contributed by atoms with Crippen LogP contribution in [0.25, 0.3) is 22.4 Å². The molecule has 4 aromatic rings. The molecule has 1 N–H and O–H groups in total. The van der Waals surface area contributed by atoms with Gasteiger partial charge in [0.25, 0.3) is 0 Å². The Kier molecular flexibility index (Phi) is 7.98. The third-order valence-corrected chi connectivity index (χ3v) is 6.56. The normalized spacial score (nSPS) is 11.6. The highest BCUT2D eigenvalue weighted by atomic mass is 32.2. The van der Waals surface area contributed by atoms with Crippen LogP contribution in [0.4, 0.5) is 0 Å². The van der Waals surface area contributed by atoms with Gasteiger partial charge in [-0.2, -0.15) is 5.26 Å². The topological polar surface area (TPSA) is 66.1 Å². The summed E-state index contributed by atoms with van der Waals surface area (Å²) in [6.45, 7) is 2.28. The highest BCUT2D eigenvalue weighted by Gasteiger charge is 2.17. The Morgan fingerprint density at radius 1 is 0.941 bits per heavy atom. The molecule has 170 valence electrons. The molecule has 34 heavy (non-hydrogen) atoms. The van der Waals surface area contributed by atoms with Crippen LogP contribution in [0.3, 0.4) is 0 Å². The molecular weight excluding hydrogens is 440 g/mol. The minimum atomic E-state index is -0.704. The molecule has 0 aliphatic carbocycles. The van der Waals surface area contributed by atoms with Crippen LogP contribution in [0.1, 0.15) is 18.1 Å². The Labute approximate surface area is 204 Å². The van der Waals surface area contributed by atoms with Gasteiger partial charge in [-0.05, 0) is 35.7 Å². The van der Waals surface area contributed by atoms with Gasteiger partial charge in [-0.3, -0.25) is 0 Å². The molecule has 0 aliphatic heterocycles. The predicted molar refractivity (Wildman–Crippen MR) is 138 cm³/mol. The van der Waals surface area contributed by atoms with Gasteiger partial charge in [0, 0.05) is 16.9 Å². The number of aromatic nitrogens is 1. The fraction of sp³-hybridized carbons (Fsp3) is 0.172. The molecule has 0 amide bonds. The van der Waals surface area contributed by atoms with Crippen molar-refractivity contribution in [3.63, 3.8) is 0 Å². The van der Waals surface area contributed by atoms with Crippen LogP contribution in [0, 0.1) is 11.3 Å². The maximum absolute atomic E-state index is 10.6. The molecule has 0 fully saturated rings. The molecule has 0 aliphatic rings. The number of ether oxygens (including phenoxy) is 1. The lowest BCUT2D eigenvalue weighted by molar-refractivity contribution is 0.126. The highest BCUT2D eigenvalue weighted by molar-refractivity contribution is 7.99. The largest absolute Gasteiger partial charge is 0.491 e. The van der Waals surface area contributed by atoms with Crippen LogP contribution in [0.5, 0.6) is 5.75 Å². The number of aliphatic hydroxyl groups excluding tert-OH is 1. The van der Waals surface area contributed by atoms with E-state index in [2.05, 4.69) is 13.0 Å². The summed E-state index contributed by atoms with van der Waals surface area (Å²) in [7, 11) is 0. The van der Waals surface area contributed by atoms with Gasteiger partial charge in [-0.15, -0.1) is 11.8 Å². The number of hydrogen-bond donors (Lipinski definition) is 1. The number of rotatable bonds is 9. The summed E-state index contributed by atoms with van der Waals surface area (Å²) in [6, 6.07) is 32.0. The zero-order valence-corrected chi connectivity index (χ0v) is 19.8. The van der Waals surface area contributed by atoms with E-state index in [0.29, 0.717) is 16.3 Å². The summed E-state index contributed by atoms with van der Waals surface area (Å²) < 4.78 is 5.75. The number of hydrogen-bond acceptors (Lipinski definition) is 5. The van der Waals surface area contributed by atoms with Crippen molar-refractivity contribution in [2.75, 3.05) is 12.4 Å². The van der Waals surface area contributed by atoms with E-state index in [1.165, 1.54) is 17.3 Å². The van der Waals surface area contributed by atoms with Crippen LogP contribution < -0.4 is 4.74 Å². The van der Waals surface area contributed by atoms with Gasteiger partial charge in [-0.25, -0.2) is 4.98 Å². The molecule has 4 nitrogen and oxygen atoms in total. The van der Waals surface area contributed by atoms with E-state index in [1.54, 1.807) is 0 Å². The van der Waals surface area contributed by atoms with Crippen LogP contribution in [-0.4, -0.2) is 28.6 Å². The molecule has 0 saturated heterocycles. The van der Waals surface area contributed by atoms with E-state index >= 15 is 0 Å². The maximum Gasteiger partial charge on any atom is 0.119 e. The van der Waals surface area contributed by atoms with Crippen LogP contribution >= 0.6 is 11.8 Å². The minimum Gasteiger partial charge on any atom is -0.491 e. The monoisotopic (exact) mass is 466 g/mol. The molecule has 1 unspecified atom stereocenters. The van der Waals surface area contributed by atoms with E-state index in [0.717, 1.165) is 34.6 Å². The number of aryl methyl sites for hydroxylation is 1. The summed E-state index contributed by atoms with van der Waals surface area (Å²) in [5, 5.41) is 21.1. The Bertz CT molecular complexity index is 1250. The number of benzene rings is 3. The lowest BCUT2D eigenvalue weighted by Crippen LogP contribution is -2.20. The van der Waals surface area contributed by atoms with Gasteiger partial charge in [-0.1, -0.05) is 79.7 Å². The fourth-order valence-corrected chi connectivity index (χ4v) is 4.48. The third-order valence-electron chi connectivity index (χ3n) is 5.44. The zero-order chi connectivity index (χ0) is 23.8. The van der Waals surface area contributed by atoms with Gasteiger partial charge in [0.15, 0.2) is 0 Å². The van der Waals surface area contributed by atoms with Gasteiger partial charge >= 0.3 is 0 Å². The number of aliphatic hydroxyl groups is 1. The lowest BCUT2D eigenvalue weighted by Gasteiger charge is -2.15. The van der Waals surface area contributed by atoms with Crippen molar-refractivity contribution in [1.29, 1.82) is 5.26 Å². The summed E-state index contributed by atoms with van der Waals surface area (Å²) in [5.74, 6) is 1.09. The summed E-state index contributed by atoms with van der Waals surface area (Å²) in [6.07, 6.45) is 0.269. The number of nitriles is 1. The average molecular weight is 467 g/mol. The third kappa shape index (κ3) is 5.85. The van der Waals surface area contributed by atoms with Crippen molar-refractivity contribution in [1.82, 2.24) is 4.98 Å². The van der Waals surface area contributed by atoms with E-state index in [-0.39, 0.29) is 6.61 Å². The average Bonchev–Trinajstić information content (AvgIpc) is 2.91. The Morgan fingerprint density at radius 3 is 2.21 bits per heavy atom. The molecule has 5 heteroatoms. The molecule has 3 aromatic carbocycles. The molecule has 1 atom stereocenters. The first kappa shape index (κ1) is 23.6. The van der Waals surface area contributed by atoms with Crippen molar-refractivity contribution in [2.24, 2.45) is 0 Å². The Morgan fingerprint density at radius 2 is 1.59 bits per heavy atom. The van der Waals surface area contributed by atoms with Gasteiger partial charge < -0.3 is 9.84 Å². The fourth-order valence-electron chi connectivity index (χ4n) is 3.57. The Balaban J connectivity index is 1.55. The quantitative estimate of drug-likeness (QED) is 0.290. The molecular formula is C29H26N2O2S. The van der Waals surface area contributed by atoms with Crippen LogP contribution in [-0.2, 0) is 6.42 Å². The van der Waals surface area contributed by atoms with E-state index in [9.17, 15) is 10.4 Å². The van der Waals surface area contributed by atoms with Gasteiger partial charge in [0.2, 0.25) is 0 Å². The molecule has 0 radical (unpaired) electrons. The number of pyridine rings is 1. The van der Waals surface area contributed by atoms with Crippen molar-refractivity contribution in [2.45, 2.75) is 24.5 Å². The van der Waals surface area contributed by atoms with Crippen LogP contribution in [0.2, 0.25) is 0 Å². The standard InChI is InChI=1S/C29H26N2O2S/c1-2-21-13-15-25(16-14-21)33-19-24(32)20-34-29-27(18-30)26(22-9-5-3-6-10-22)17-28(31-29)23-11-7-4-8-12-23/h3-17,24,32H,2,19-20H2,1H3. The number of thioether (sulfide) groups is 1. The molecule has 0 saturated carbocycles. The second-order valence-corrected chi connectivity index (χ2v) is 8.86. The van der Waals surface area contributed by atoms with Crippen molar-refractivity contribution in [3.05, 3.63) is 102 Å². The van der Waals surface area contributed by atoms with Crippen molar-refractivity contribution < 1.29 is 9.84 Å². The molecule has 1 heterocycles. The van der Waals surface area contributed by atoms with Crippen LogP contribution in [0.15, 0.2) is 96.0 Å². The second-order valence-electron chi connectivity index (χ2n) is 7.85. The SMILES string of the molecule is CCc1ccc(OCC(O)CSc2nc(-c3ccccc3)cc(-c3ccccc3)c2C#N)cc1. The molecule has 4 rings (SSSR count). The van der Waals surface area contributed by atoms with E-state index < -0.39 is 6.10 Å². The zero-order valence-electron chi connectivity index (χ0n) is 19.0. The summed E-state index contributed by atoms with van der Waals surface area (Å²) >= 11 is 1.37. The summed E-state index contributed by atoms with van der Waals surface area (Å²) in [4.78, 5) is 4.80. The van der Waals surface area contributed by atoms with Gasteiger partial charge in [0.1, 0.15) is 23.5 Å². The molecule has 0 bridgehead atoms. The number of nitrogens with zero attached hydrogens (tertiary/aromatic N) is 2. The van der Waals surface area contributed by atoms with E-state index in [1.807, 2.05) is 91.0 Å². The molecule has 0 spiro atoms. The summed E-state index contributed by atoms with van der Waals surface area (Å²) in [5.41, 5.74) is 5.32. The highest BCUT2D eigenvalue weighted by Crippen LogP contribution is 2.34. The first-order chi connectivity index (χ1) is 16.7. The van der Waals surface area contributed by atoms with Gasteiger partial charge in [0.05, 0.1) is 17.4 Å². The maximum atomic E-state index is 10.6.